The first-order chi connectivity index (χ1) is 6.86. The van der Waals surface area contributed by atoms with Crippen LogP contribution in [0.5, 0.6) is 0 Å². The van der Waals surface area contributed by atoms with Crippen molar-refractivity contribution >= 4 is 0 Å². The largest absolute Gasteiger partial charge is 0.316 e. The molecule has 0 radical (unpaired) electrons. The minimum atomic E-state index is 0.812. The van der Waals surface area contributed by atoms with Crippen molar-refractivity contribution in [3.8, 4) is 0 Å². The van der Waals surface area contributed by atoms with Crippen LogP contribution < -0.4 is 5.32 Å². The van der Waals surface area contributed by atoms with Crippen molar-refractivity contribution in [3.05, 3.63) is 29.6 Å². The molecule has 1 aliphatic rings. The number of piperidine rings is 1. The van der Waals surface area contributed by atoms with Crippen molar-refractivity contribution in [2.75, 3.05) is 13.1 Å². The van der Waals surface area contributed by atoms with Gasteiger partial charge in [0, 0.05) is 11.9 Å². The number of aryl methyl sites for hydroxylation is 1. The van der Waals surface area contributed by atoms with Gasteiger partial charge in [0.25, 0.3) is 0 Å². The number of hydrogen-bond acceptors (Lipinski definition) is 2. The van der Waals surface area contributed by atoms with Crippen molar-refractivity contribution in [1.82, 2.24) is 10.3 Å². The highest BCUT2D eigenvalue weighted by Gasteiger charge is 2.14. The molecule has 0 aliphatic carbocycles. The van der Waals surface area contributed by atoms with E-state index < -0.39 is 0 Å². The van der Waals surface area contributed by atoms with Crippen LogP contribution in [-0.4, -0.2) is 18.1 Å². The van der Waals surface area contributed by atoms with E-state index >= 15 is 0 Å². The van der Waals surface area contributed by atoms with Gasteiger partial charge in [-0.25, -0.2) is 0 Å². The van der Waals surface area contributed by atoms with Crippen LogP contribution in [0.4, 0.5) is 0 Å². The molecule has 0 bridgehead atoms. The number of pyridine rings is 1. The summed E-state index contributed by atoms with van der Waals surface area (Å²) in [6.07, 6.45) is 5.75. The molecule has 2 rings (SSSR count). The van der Waals surface area contributed by atoms with Crippen LogP contribution >= 0.6 is 0 Å². The van der Waals surface area contributed by atoms with Gasteiger partial charge in [0.15, 0.2) is 0 Å². The van der Waals surface area contributed by atoms with Crippen molar-refractivity contribution in [2.24, 2.45) is 5.92 Å². The fraction of sp³-hybridized carbons (Fsp3) is 0.583. The van der Waals surface area contributed by atoms with Crippen LogP contribution in [0.3, 0.4) is 0 Å². The van der Waals surface area contributed by atoms with E-state index in [1.165, 1.54) is 43.6 Å². The quantitative estimate of drug-likeness (QED) is 0.771. The van der Waals surface area contributed by atoms with E-state index in [9.17, 15) is 0 Å². The average molecular weight is 190 g/mol. The molecular weight excluding hydrogens is 172 g/mol. The van der Waals surface area contributed by atoms with Gasteiger partial charge in [-0.1, -0.05) is 6.07 Å². The molecule has 1 aliphatic heterocycles. The van der Waals surface area contributed by atoms with E-state index in [1.54, 1.807) is 0 Å². The van der Waals surface area contributed by atoms with E-state index in [4.69, 9.17) is 0 Å². The monoisotopic (exact) mass is 190 g/mol. The molecule has 1 aromatic heterocycles. The van der Waals surface area contributed by atoms with Gasteiger partial charge in [0.05, 0.1) is 0 Å². The highest BCUT2D eigenvalue weighted by atomic mass is 14.9. The van der Waals surface area contributed by atoms with Crippen molar-refractivity contribution in [2.45, 2.75) is 26.2 Å². The Morgan fingerprint density at radius 1 is 1.57 bits per heavy atom. The van der Waals surface area contributed by atoms with Gasteiger partial charge in [-0.2, -0.15) is 0 Å². The molecule has 1 atom stereocenters. The summed E-state index contributed by atoms with van der Waals surface area (Å²) in [7, 11) is 0. The first-order valence-electron chi connectivity index (χ1n) is 5.47. The lowest BCUT2D eigenvalue weighted by atomic mass is 9.92. The SMILES string of the molecule is Cc1ncccc1CC1CCCNC1. The smallest absolute Gasteiger partial charge is 0.0404 e. The summed E-state index contributed by atoms with van der Waals surface area (Å²) in [6, 6.07) is 4.25. The lowest BCUT2D eigenvalue weighted by Gasteiger charge is -2.23. The Hall–Kier alpha value is -0.890. The molecule has 1 N–H and O–H groups in total. The molecule has 0 saturated carbocycles. The van der Waals surface area contributed by atoms with Crippen LogP contribution in [0.1, 0.15) is 24.1 Å². The predicted molar refractivity (Wildman–Crippen MR) is 58.3 cm³/mol. The van der Waals surface area contributed by atoms with Crippen molar-refractivity contribution in [3.63, 3.8) is 0 Å². The third kappa shape index (κ3) is 2.32. The molecule has 1 unspecified atom stereocenters. The maximum Gasteiger partial charge on any atom is 0.0404 e. The van der Waals surface area contributed by atoms with Crippen molar-refractivity contribution in [1.29, 1.82) is 0 Å². The standard InChI is InChI=1S/C12H18N2/c1-10-12(5-3-7-14-10)8-11-4-2-6-13-9-11/h3,5,7,11,13H,2,4,6,8-9H2,1H3. The fourth-order valence-corrected chi connectivity index (χ4v) is 2.14. The Kier molecular flexibility index (Phi) is 3.14. The lowest BCUT2D eigenvalue weighted by Crippen LogP contribution is -2.31. The molecule has 76 valence electrons. The number of aromatic nitrogens is 1. The maximum atomic E-state index is 4.32. The molecule has 2 nitrogen and oxygen atoms in total. The average Bonchev–Trinajstić information content (AvgIpc) is 2.23. The summed E-state index contributed by atoms with van der Waals surface area (Å²) in [5.41, 5.74) is 2.61. The summed E-state index contributed by atoms with van der Waals surface area (Å²) in [4.78, 5) is 4.32. The number of rotatable bonds is 2. The van der Waals surface area contributed by atoms with Crippen LogP contribution in [-0.2, 0) is 6.42 Å². The lowest BCUT2D eigenvalue weighted by molar-refractivity contribution is 0.375. The second kappa shape index (κ2) is 4.56. The zero-order valence-electron chi connectivity index (χ0n) is 8.79. The van der Waals surface area contributed by atoms with Gasteiger partial charge in [-0.3, -0.25) is 4.98 Å². The predicted octanol–water partition coefficient (Wildman–Crippen LogP) is 1.93. The molecule has 2 heterocycles. The molecule has 1 saturated heterocycles. The van der Waals surface area contributed by atoms with E-state index in [1.807, 2.05) is 12.3 Å². The minimum Gasteiger partial charge on any atom is -0.316 e. The highest BCUT2D eigenvalue weighted by Crippen LogP contribution is 2.17. The maximum absolute atomic E-state index is 4.32. The highest BCUT2D eigenvalue weighted by molar-refractivity contribution is 5.18. The van der Waals surface area contributed by atoms with E-state index in [-0.39, 0.29) is 0 Å². The Morgan fingerprint density at radius 3 is 3.21 bits per heavy atom. The Balaban J connectivity index is 1.99. The number of nitrogens with zero attached hydrogens (tertiary/aromatic N) is 1. The molecule has 0 spiro atoms. The second-order valence-electron chi connectivity index (χ2n) is 4.16. The van der Waals surface area contributed by atoms with Gasteiger partial charge in [-0.05, 0) is 56.8 Å². The number of nitrogens with one attached hydrogen (secondary N) is 1. The summed E-state index contributed by atoms with van der Waals surface area (Å²) in [5, 5.41) is 3.45. The summed E-state index contributed by atoms with van der Waals surface area (Å²) >= 11 is 0. The molecule has 0 amide bonds. The Labute approximate surface area is 85.7 Å². The zero-order chi connectivity index (χ0) is 9.80. The van der Waals surface area contributed by atoms with E-state index in [2.05, 4.69) is 23.3 Å². The van der Waals surface area contributed by atoms with E-state index in [0.29, 0.717) is 0 Å². The van der Waals surface area contributed by atoms with Gasteiger partial charge >= 0.3 is 0 Å². The molecular formula is C12H18N2. The second-order valence-corrected chi connectivity index (χ2v) is 4.16. The normalized spacial score (nSPS) is 22.2. The topological polar surface area (TPSA) is 24.9 Å². The summed E-state index contributed by atoms with van der Waals surface area (Å²) in [6.45, 7) is 4.47. The Bertz CT molecular complexity index is 290. The zero-order valence-corrected chi connectivity index (χ0v) is 8.79. The van der Waals surface area contributed by atoms with Gasteiger partial charge < -0.3 is 5.32 Å². The number of hydrogen-bond donors (Lipinski definition) is 1. The van der Waals surface area contributed by atoms with Gasteiger partial charge in [-0.15, -0.1) is 0 Å². The van der Waals surface area contributed by atoms with Crippen LogP contribution in [0.15, 0.2) is 18.3 Å². The molecule has 1 fully saturated rings. The first kappa shape index (κ1) is 9.66. The summed E-state index contributed by atoms with van der Waals surface area (Å²) < 4.78 is 0. The van der Waals surface area contributed by atoms with E-state index in [0.717, 1.165) is 5.92 Å². The van der Waals surface area contributed by atoms with Crippen LogP contribution in [0.2, 0.25) is 0 Å². The third-order valence-electron chi connectivity index (χ3n) is 3.02. The first-order valence-corrected chi connectivity index (χ1v) is 5.47. The van der Waals surface area contributed by atoms with Gasteiger partial charge in [0.2, 0.25) is 0 Å². The molecule has 1 aromatic rings. The molecule has 14 heavy (non-hydrogen) atoms. The van der Waals surface area contributed by atoms with Crippen LogP contribution in [0, 0.1) is 12.8 Å². The fourth-order valence-electron chi connectivity index (χ4n) is 2.14. The molecule has 0 aromatic carbocycles. The molecule has 2 heteroatoms. The Morgan fingerprint density at radius 2 is 2.50 bits per heavy atom. The van der Waals surface area contributed by atoms with Crippen LogP contribution in [0.25, 0.3) is 0 Å². The third-order valence-corrected chi connectivity index (χ3v) is 3.02. The van der Waals surface area contributed by atoms with Crippen molar-refractivity contribution < 1.29 is 0 Å². The van der Waals surface area contributed by atoms with Gasteiger partial charge in [0.1, 0.15) is 0 Å². The summed E-state index contributed by atoms with van der Waals surface area (Å²) in [5.74, 6) is 0.812. The minimum absolute atomic E-state index is 0.812.